The van der Waals surface area contributed by atoms with Crippen molar-refractivity contribution < 1.29 is 32.2 Å². The van der Waals surface area contributed by atoms with Gasteiger partial charge in [-0.25, -0.2) is 0 Å². The molecular formula is C21H16F3NO4. The van der Waals surface area contributed by atoms with Crippen molar-refractivity contribution in [3.63, 3.8) is 0 Å². The smallest absolute Gasteiger partial charge is 0.434 e. The average molecular weight is 403 g/mol. The van der Waals surface area contributed by atoms with E-state index in [0.29, 0.717) is 5.75 Å². The number of rotatable bonds is 6. The van der Waals surface area contributed by atoms with Gasteiger partial charge in [0.15, 0.2) is 28.8 Å². The van der Waals surface area contributed by atoms with Gasteiger partial charge >= 0.3 is 6.18 Å². The fourth-order valence-corrected chi connectivity index (χ4v) is 2.78. The van der Waals surface area contributed by atoms with E-state index in [-0.39, 0.29) is 24.3 Å². The summed E-state index contributed by atoms with van der Waals surface area (Å²) in [6.45, 7) is 0.237. The molecule has 0 bridgehead atoms. The minimum absolute atomic E-state index is 0.129. The highest BCUT2D eigenvalue weighted by atomic mass is 19.4. The third-order valence-corrected chi connectivity index (χ3v) is 4.17. The molecule has 0 amide bonds. The first-order valence-corrected chi connectivity index (χ1v) is 8.58. The zero-order valence-electron chi connectivity index (χ0n) is 15.3. The lowest BCUT2D eigenvalue weighted by molar-refractivity contribution is -0.116. The van der Waals surface area contributed by atoms with Crippen molar-refractivity contribution in [2.24, 2.45) is 4.99 Å². The lowest BCUT2D eigenvalue weighted by Crippen LogP contribution is -2.25. The molecule has 0 aromatic heterocycles. The second-order valence-electron chi connectivity index (χ2n) is 6.13. The monoisotopic (exact) mass is 403 g/mol. The van der Waals surface area contributed by atoms with Gasteiger partial charge in [0.05, 0.1) is 12.7 Å². The van der Waals surface area contributed by atoms with Crippen LogP contribution in [-0.4, -0.2) is 31.1 Å². The van der Waals surface area contributed by atoms with Crippen LogP contribution in [0.15, 0.2) is 64.8 Å². The molecule has 1 aliphatic rings. The number of nitrogens with zero attached hydrogens (tertiary/aromatic N) is 1. The summed E-state index contributed by atoms with van der Waals surface area (Å²) in [5, 5.41) is 0. The van der Waals surface area contributed by atoms with Gasteiger partial charge < -0.3 is 9.47 Å². The number of hydrogen-bond acceptors (Lipinski definition) is 5. The van der Waals surface area contributed by atoms with E-state index in [4.69, 9.17) is 9.47 Å². The third kappa shape index (κ3) is 4.53. The molecule has 150 valence electrons. The summed E-state index contributed by atoms with van der Waals surface area (Å²) in [4.78, 5) is 27.9. The van der Waals surface area contributed by atoms with Crippen molar-refractivity contribution in [2.45, 2.75) is 19.2 Å². The van der Waals surface area contributed by atoms with Crippen LogP contribution in [0.5, 0.6) is 11.5 Å². The Hall–Kier alpha value is -3.42. The maximum Gasteiger partial charge on any atom is 0.434 e. The lowest BCUT2D eigenvalue weighted by atomic mass is 9.94. The molecule has 0 saturated carbocycles. The van der Waals surface area contributed by atoms with Gasteiger partial charge in [-0.05, 0) is 23.8 Å². The van der Waals surface area contributed by atoms with Crippen LogP contribution >= 0.6 is 0 Å². The van der Waals surface area contributed by atoms with Gasteiger partial charge in [-0.15, -0.1) is 0 Å². The highest BCUT2D eigenvalue weighted by molar-refractivity contribution is 6.29. The first kappa shape index (κ1) is 20.3. The van der Waals surface area contributed by atoms with E-state index in [2.05, 4.69) is 4.99 Å². The molecule has 3 rings (SSSR count). The van der Waals surface area contributed by atoms with E-state index in [0.717, 1.165) is 11.8 Å². The van der Waals surface area contributed by atoms with Crippen LogP contribution < -0.4 is 9.47 Å². The predicted octanol–water partition coefficient (Wildman–Crippen LogP) is 4.32. The first-order chi connectivity index (χ1) is 13.8. The number of aliphatic imine (C=N–C) groups is 1. The van der Waals surface area contributed by atoms with E-state index in [1.54, 1.807) is 0 Å². The van der Waals surface area contributed by atoms with Crippen LogP contribution in [0.3, 0.4) is 0 Å². The molecule has 29 heavy (non-hydrogen) atoms. The van der Waals surface area contributed by atoms with Crippen LogP contribution in [-0.2, 0) is 11.4 Å². The molecular weight excluding hydrogens is 387 g/mol. The number of ketones is 2. The fraction of sp³-hybridized carbons (Fsp3) is 0.190. The number of hydrogen-bond donors (Lipinski definition) is 0. The standard InChI is InChI=1S/C21H16F3NO4/c1-28-17-11-14(7-8-16(17)29-12-13-5-3-2-4-6-13)19(27)18-15(26)9-10-25-20(18)21(22,23)24/h2-8,10-11H,9,12H2,1H3. The number of allylic oxidation sites excluding steroid dienone is 2. The number of halogens is 3. The molecule has 1 heterocycles. The number of benzene rings is 2. The molecule has 1 aliphatic heterocycles. The molecule has 0 unspecified atom stereocenters. The quantitative estimate of drug-likeness (QED) is 0.532. The topological polar surface area (TPSA) is 65.0 Å². The van der Waals surface area contributed by atoms with E-state index >= 15 is 0 Å². The van der Waals surface area contributed by atoms with Crippen LogP contribution in [0.1, 0.15) is 22.3 Å². The molecule has 2 aromatic rings. The van der Waals surface area contributed by atoms with Crippen LogP contribution in [0.4, 0.5) is 13.2 Å². The number of carbonyl (C=O) groups excluding carboxylic acids is 2. The van der Waals surface area contributed by atoms with Crippen molar-refractivity contribution in [1.29, 1.82) is 0 Å². The van der Waals surface area contributed by atoms with Crippen molar-refractivity contribution in [3.8, 4) is 11.5 Å². The number of alkyl halides is 3. The van der Waals surface area contributed by atoms with Crippen LogP contribution in [0, 0.1) is 0 Å². The van der Waals surface area contributed by atoms with Gasteiger partial charge in [0.2, 0.25) is 0 Å². The van der Waals surface area contributed by atoms with Crippen LogP contribution in [0.2, 0.25) is 0 Å². The summed E-state index contributed by atoms with van der Waals surface area (Å²) in [5.74, 6) is -1.52. The Morgan fingerprint density at radius 2 is 1.83 bits per heavy atom. The molecule has 0 saturated heterocycles. The van der Waals surface area contributed by atoms with Gasteiger partial charge in [0, 0.05) is 18.2 Å². The number of ether oxygens (including phenoxy) is 2. The predicted molar refractivity (Wildman–Crippen MR) is 99.3 cm³/mol. The van der Waals surface area contributed by atoms with Crippen molar-refractivity contribution in [2.75, 3.05) is 7.11 Å². The maximum absolute atomic E-state index is 13.2. The van der Waals surface area contributed by atoms with Gasteiger partial charge in [-0.1, -0.05) is 30.3 Å². The third-order valence-electron chi connectivity index (χ3n) is 4.17. The molecule has 0 aliphatic carbocycles. The molecule has 0 fully saturated rings. The van der Waals surface area contributed by atoms with Gasteiger partial charge in [-0.3, -0.25) is 14.6 Å². The summed E-state index contributed by atoms with van der Waals surface area (Å²) in [6, 6.07) is 13.3. The summed E-state index contributed by atoms with van der Waals surface area (Å²) < 4.78 is 50.4. The number of Topliss-reactive ketones (excluding diaryl/α,β-unsaturated/α-hetero) is 2. The lowest BCUT2D eigenvalue weighted by Gasteiger charge is -2.16. The molecule has 8 heteroatoms. The van der Waals surface area contributed by atoms with Gasteiger partial charge in [0.1, 0.15) is 6.61 Å². The Kier molecular flexibility index (Phi) is 5.81. The van der Waals surface area contributed by atoms with Gasteiger partial charge in [0.25, 0.3) is 0 Å². The Balaban J connectivity index is 1.91. The van der Waals surface area contributed by atoms with Gasteiger partial charge in [-0.2, -0.15) is 13.2 Å². The Morgan fingerprint density at radius 3 is 2.48 bits per heavy atom. The highest BCUT2D eigenvalue weighted by Crippen LogP contribution is 2.35. The minimum Gasteiger partial charge on any atom is -0.493 e. The van der Waals surface area contributed by atoms with E-state index in [1.807, 2.05) is 30.3 Å². The zero-order valence-corrected chi connectivity index (χ0v) is 15.3. The maximum atomic E-state index is 13.2. The number of carbonyl (C=O) groups is 2. The molecule has 0 spiro atoms. The number of methoxy groups -OCH3 is 1. The molecule has 2 aromatic carbocycles. The van der Waals surface area contributed by atoms with Crippen molar-refractivity contribution in [1.82, 2.24) is 0 Å². The Labute approximate surface area is 164 Å². The summed E-state index contributed by atoms with van der Waals surface area (Å²) in [6.07, 6.45) is -4.43. The summed E-state index contributed by atoms with van der Waals surface area (Å²) in [5.41, 5.74) is -1.68. The van der Waals surface area contributed by atoms with Crippen molar-refractivity contribution >= 4 is 17.8 Å². The van der Waals surface area contributed by atoms with E-state index in [1.165, 1.54) is 25.3 Å². The summed E-state index contributed by atoms with van der Waals surface area (Å²) in [7, 11) is 1.34. The van der Waals surface area contributed by atoms with E-state index < -0.39 is 29.0 Å². The zero-order chi connectivity index (χ0) is 21.0. The molecule has 0 radical (unpaired) electrons. The van der Waals surface area contributed by atoms with Crippen LogP contribution in [0.25, 0.3) is 0 Å². The molecule has 0 N–H and O–H groups in total. The SMILES string of the molecule is COc1cc(C(=O)C2=C(C(F)(F)F)N=CCC2=O)ccc1OCc1ccccc1. The second-order valence-corrected chi connectivity index (χ2v) is 6.13. The van der Waals surface area contributed by atoms with E-state index in [9.17, 15) is 22.8 Å². The summed E-state index contributed by atoms with van der Waals surface area (Å²) >= 11 is 0. The molecule has 5 nitrogen and oxygen atoms in total. The normalized spacial score (nSPS) is 14.1. The average Bonchev–Trinajstić information content (AvgIpc) is 2.71. The minimum atomic E-state index is -4.92. The Bertz CT molecular complexity index is 995. The molecule has 0 atom stereocenters. The van der Waals surface area contributed by atoms with Crippen molar-refractivity contribution in [3.05, 3.63) is 70.9 Å². The fourth-order valence-electron chi connectivity index (χ4n) is 2.78. The largest absolute Gasteiger partial charge is 0.493 e. The Morgan fingerprint density at radius 1 is 1.10 bits per heavy atom. The highest BCUT2D eigenvalue weighted by Gasteiger charge is 2.42. The second kappa shape index (κ2) is 8.30. The first-order valence-electron chi connectivity index (χ1n) is 8.58.